The largest absolute Gasteiger partial charge is 0.348 e. The van der Waals surface area contributed by atoms with Gasteiger partial charge in [0.25, 0.3) is 0 Å². The molecular formula is C11H16O3. The number of ether oxygens (including phenoxy) is 2. The minimum absolute atomic E-state index is 0.229. The number of ketones is 1. The van der Waals surface area contributed by atoms with E-state index in [-0.39, 0.29) is 11.7 Å². The van der Waals surface area contributed by atoms with Gasteiger partial charge in [-0.3, -0.25) is 4.79 Å². The lowest BCUT2D eigenvalue weighted by Crippen LogP contribution is -2.28. The van der Waals surface area contributed by atoms with Crippen molar-refractivity contribution in [1.29, 1.82) is 0 Å². The van der Waals surface area contributed by atoms with Crippen LogP contribution in [0.25, 0.3) is 0 Å². The number of hydrogen-bond acceptors (Lipinski definition) is 3. The zero-order chi connectivity index (χ0) is 9.76. The van der Waals surface area contributed by atoms with Crippen LogP contribution in [-0.2, 0) is 14.3 Å². The lowest BCUT2D eigenvalue weighted by Gasteiger charge is -2.23. The summed E-state index contributed by atoms with van der Waals surface area (Å²) in [5, 5.41) is 0. The summed E-state index contributed by atoms with van der Waals surface area (Å²) in [4.78, 5) is 11.5. The molecule has 3 nitrogen and oxygen atoms in total. The van der Waals surface area contributed by atoms with E-state index in [9.17, 15) is 4.79 Å². The van der Waals surface area contributed by atoms with Crippen molar-refractivity contribution in [2.75, 3.05) is 13.2 Å². The zero-order valence-electron chi connectivity index (χ0n) is 8.49. The second-order valence-electron chi connectivity index (χ2n) is 4.90. The first-order chi connectivity index (χ1) is 6.70. The van der Waals surface area contributed by atoms with E-state index in [1.807, 2.05) is 0 Å². The standard InChI is InChI=1S/C11H16O3/c1-7-9-6-11(13-2-3-14-11)5-8(9)4-10(7)12/h7-9H,2-6H2,1H3/t7-,8-,9-/m0/s1. The quantitative estimate of drug-likeness (QED) is 0.587. The second-order valence-corrected chi connectivity index (χ2v) is 4.90. The molecule has 3 atom stereocenters. The van der Waals surface area contributed by atoms with Crippen LogP contribution in [-0.4, -0.2) is 24.8 Å². The van der Waals surface area contributed by atoms with Crippen molar-refractivity contribution in [3.63, 3.8) is 0 Å². The van der Waals surface area contributed by atoms with Gasteiger partial charge in [0.05, 0.1) is 13.2 Å². The van der Waals surface area contributed by atoms with Gasteiger partial charge in [0.15, 0.2) is 5.79 Å². The molecule has 3 rings (SSSR count). The number of carbonyl (C=O) groups is 1. The molecule has 1 spiro atoms. The third-order valence-corrected chi connectivity index (χ3v) is 4.15. The fourth-order valence-electron chi connectivity index (χ4n) is 3.38. The topological polar surface area (TPSA) is 35.5 Å². The summed E-state index contributed by atoms with van der Waals surface area (Å²) in [6.45, 7) is 3.50. The molecule has 0 amide bonds. The first-order valence-corrected chi connectivity index (χ1v) is 5.51. The average Bonchev–Trinajstić information content (AvgIpc) is 2.79. The normalized spacial score (nSPS) is 44.9. The summed E-state index contributed by atoms with van der Waals surface area (Å²) in [6, 6.07) is 0. The van der Waals surface area contributed by atoms with Gasteiger partial charge < -0.3 is 9.47 Å². The Morgan fingerprint density at radius 2 is 2.00 bits per heavy atom. The monoisotopic (exact) mass is 196 g/mol. The number of Topliss-reactive ketones (excluding diaryl/α,β-unsaturated/α-hetero) is 1. The molecule has 3 aliphatic rings. The van der Waals surface area contributed by atoms with E-state index in [0.29, 0.717) is 17.6 Å². The van der Waals surface area contributed by atoms with E-state index in [1.165, 1.54) is 0 Å². The molecule has 3 heteroatoms. The van der Waals surface area contributed by atoms with Crippen molar-refractivity contribution < 1.29 is 14.3 Å². The molecule has 0 aromatic carbocycles. The molecule has 0 bridgehead atoms. The molecule has 78 valence electrons. The Labute approximate surface area is 83.8 Å². The maximum Gasteiger partial charge on any atom is 0.169 e. The third kappa shape index (κ3) is 1.09. The minimum Gasteiger partial charge on any atom is -0.348 e. The Morgan fingerprint density at radius 1 is 1.29 bits per heavy atom. The Bertz CT molecular complexity index is 268. The molecule has 0 unspecified atom stereocenters. The van der Waals surface area contributed by atoms with Gasteiger partial charge in [-0.25, -0.2) is 0 Å². The Hall–Kier alpha value is -0.410. The van der Waals surface area contributed by atoms with Crippen LogP contribution in [0.1, 0.15) is 26.2 Å². The van der Waals surface area contributed by atoms with Crippen LogP contribution in [0.15, 0.2) is 0 Å². The van der Waals surface area contributed by atoms with Crippen molar-refractivity contribution in [3.8, 4) is 0 Å². The maximum absolute atomic E-state index is 11.5. The van der Waals surface area contributed by atoms with Crippen molar-refractivity contribution in [1.82, 2.24) is 0 Å². The fourth-order valence-corrected chi connectivity index (χ4v) is 3.38. The molecule has 14 heavy (non-hydrogen) atoms. The third-order valence-electron chi connectivity index (χ3n) is 4.15. The maximum atomic E-state index is 11.5. The van der Waals surface area contributed by atoms with Crippen molar-refractivity contribution in [2.24, 2.45) is 17.8 Å². The predicted molar refractivity (Wildman–Crippen MR) is 49.6 cm³/mol. The van der Waals surface area contributed by atoms with Gasteiger partial charge in [-0.1, -0.05) is 6.92 Å². The first kappa shape index (κ1) is 8.86. The smallest absolute Gasteiger partial charge is 0.169 e. The van der Waals surface area contributed by atoms with E-state index >= 15 is 0 Å². The Morgan fingerprint density at radius 3 is 2.64 bits per heavy atom. The van der Waals surface area contributed by atoms with E-state index in [2.05, 4.69) is 6.92 Å². The highest BCUT2D eigenvalue weighted by atomic mass is 16.7. The van der Waals surface area contributed by atoms with Gasteiger partial charge in [-0.15, -0.1) is 0 Å². The van der Waals surface area contributed by atoms with Crippen LogP contribution in [0.4, 0.5) is 0 Å². The summed E-state index contributed by atoms with van der Waals surface area (Å²) in [7, 11) is 0. The van der Waals surface area contributed by atoms with E-state index in [0.717, 1.165) is 32.5 Å². The fraction of sp³-hybridized carbons (Fsp3) is 0.909. The van der Waals surface area contributed by atoms with Gasteiger partial charge in [0.2, 0.25) is 0 Å². The van der Waals surface area contributed by atoms with E-state index in [4.69, 9.17) is 9.47 Å². The average molecular weight is 196 g/mol. The number of hydrogen-bond donors (Lipinski definition) is 0. The van der Waals surface area contributed by atoms with Crippen LogP contribution in [0.5, 0.6) is 0 Å². The zero-order valence-corrected chi connectivity index (χ0v) is 8.49. The summed E-state index contributed by atoms with van der Waals surface area (Å²) < 4.78 is 11.4. The van der Waals surface area contributed by atoms with Gasteiger partial charge in [0.1, 0.15) is 5.78 Å². The molecule has 2 aliphatic carbocycles. The van der Waals surface area contributed by atoms with Crippen LogP contribution < -0.4 is 0 Å². The predicted octanol–water partition coefficient (Wildman–Crippen LogP) is 1.36. The summed E-state index contributed by atoms with van der Waals surface area (Å²) in [5.74, 6) is 1.40. The molecule has 2 saturated carbocycles. The molecule has 3 fully saturated rings. The van der Waals surface area contributed by atoms with Crippen LogP contribution in [0.2, 0.25) is 0 Å². The van der Waals surface area contributed by atoms with Crippen molar-refractivity contribution in [3.05, 3.63) is 0 Å². The minimum atomic E-state index is -0.301. The lowest BCUT2D eigenvalue weighted by molar-refractivity contribution is -0.157. The Balaban J connectivity index is 1.80. The highest BCUT2D eigenvalue weighted by molar-refractivity contribution is 5.83. The molecular weight excluding hydrogens is 180 g/mol. The number of carbonyl (C=O) groups excluding carboxylic acids is 1. The van der Waals surface area contributed by atoms with Gasteiger partial charge >= 0.3 is 0 Å². The highest BCUT2D eigenvalue weighted by Gasteiger charge is 2.55. The van der Waals surface area contributed by atoms with Gasteiger partial charge in [-0.05, 0) is 11.8 Å². The molecule has 1 heterocycles. The first-order valence-electron chi connectivity index (χ1n) is 5.51. The van der Waals surface area contributed by atoms with Crippen molar-refractivity contribution in [2.45, 2.75) is 32.0 Å². The van der Waals surface area contributed by atoms with E-state index < -0.39 is 0 Å². The van der Waals surface area contributed by atoms with E-state index in [1.54, 1.807) is 0 Å². The lowest BCUT2D eigenvalue weighted by atomic mass is 9.93. The molecule has 1 saturated heterocycles. The summed E-state index contributed by atoms with van der Waals surface area (Å²) in [6.07, 6.45) is 2.62. The van der Waals surface area contributed by atoms with Crippen molar-refractivity contribution >= 4 is 5.78 Å². The summed E-state index contributed by atoms with van der Waals surface area (Å²) >= 11 is 0. The molecule has 0 aromatic rings. The Kier molecular flexibility index (Phi) is 1.77. The highest BCUT2D eigenvalue weighted by Crippen LogP contribution is 2.52. The van der Waals surface area contributed by atoms with Gasteiger partial charge in [-0.2, -0.15) is 0 Å². The second kappa shape index (κ2) is 2.80. The SMILES string of the molecule is C[C@@H]1C(=O)C[C@H]2CC3(C[C@H]21)OCCO3. The van der Waals surface area contributed by atoms with Crippen LogP contribution >= 0.6 is 0 Å². The molecule has 1 aliphatic heterocycles. The summed E-state index contributed by atoms with van der Waals surface area (Å²) in [5.41, 5.74) is 0. The number of fused-ring (bicyclic) bond motifs is 1. The van der Waals surface area contributed by atoms with Gasteiger partial charge in [0, 0.05) is 25.2 Å². The number of rotatable bonds is 0. The van der Waals surface area contributed by atoms with Crippen LogP contribution in [0, 0.1) is 17.8 Å². The molecule has 0 radical (unpaired) electrons. The molecule has 0 N–H and O–H groups in total. The molecule has 0 aromatic heterocycles. The van der Waals surface area contributed by atoms with Crippen LogP contribution in [0.3, 0.4) is 0 Å².